The van der Waals surface area contributed by atoms with Crippen molar-refractivity contribution in [1.82, 2.24) is 0 Å². The Balaban J connectivity index is 1.83. The van der Waals surface area contributed by atoms with E-state index in [9.17, 15) is 18.3 Å². The summed E-state index contributed by atoms with van der Waals surface area (Å²) < 4.78 is 33.3. The molecule has 0 radical (unpaired) electrons. The molecule has 3 rings (SSSR count). The van der Waals surface area contributed by atoms with Gasteiger partial charge in [0.1, 0.15) is 11.5 Å². The largest absolute Gasteiger partial charge is 0.478 e. The lowest BCUT2D eigenvalue weighted by molar-refractivity contribution is 0.0698. The second-order valence-corrected chi connectivity index (χ2v) is 8.10. The van der Waals surface area contributed by atoms with Crippen molar-refractivity contribution in [2.45, 2.75) is 11.4 Å². The van der Waals surface area contributed by atoms with E-state index in [1.165, 1.54) is 42.5 Å². The standard InChI is InChI=1S/C20H17ClN2O5S/c21-14-5-10-18(17(11-14)20(24)25)23-29(26,27)16-8-6-15(7-9-16)28-19-4-2-1-3-13(19)12-22/h1-11,23H,12,22H2,(H,24,25). The molecule has 0 saturated carbocycles. The normalized spacial score (nSPS) is 11.1. The first-order valence-corrected chi connectivity index (χ1v) is 10.3. The van der Waals surface area contributed by atoms with Crippen LogP contribution in [-0.4, -0.2) is 19.5 Å². The molecular weight excluding hydrogens is 416 g/mol. The van der Waals surface area contributed by atoms with Gasteiger partial charge in [-0.25, -0.2) is 13.2 Å². The van der Waals surface area contributed by atoms with Crippen molar-refractivity contribution in [1.29, 1.82) is 0 Å². The SMILES string of the molecule is NCc1ccccc1Oc1ccc(S(=O)(=O)Nc2ccc(Cl)cc2C(=O)O)cc1. The monoisotopic (exact) mass is 432 g/mol. The average molecular weight is 433 g/mol. The first-order chi connectivity index (χ1) is 13.8. The molecule has 0 saturated heterocycles. The van der Waals surface area contributed by atoms with Gasteiger partial charge >= 0.3 is 5.97 Å². The van der Waals surface area contributed by atoms with Gasteiger partial charge in [0.25, 0.3) is 10.0 Å². The van der Waals surface area contributed by atoms with E-state index in [1.807, 2.05) is 18.2 Å². The molecule has 0 atom stereocenters. The number of nitrogens with one attached hydrogen (secondary N) is 1. The highest BCUT2D eigenvalue weighted by Crippen LogP contribution is 2.27. The zero-order chi connectivity index (χ0) is 21.0. The van der Waals surface area contributed by atoms with Gasteiger partial charge in [-0.2, -0.15) is 0 Å². The van der Waals surface area contributed by atoms with Gasteiger partial charge in [-0.1, -0.05) is 29.8 Å². The summed E-state index contributed by atoms with van der Waals surface area (Å²) in [7, 11) is -4.02. The van der Waals surface area contributed by atoms with Crippen molar-refractivity contribution in [3.63, 3.8) is 0 Å². The third kappa shape index (κ3) is 4.86. The molecule has 0 aliphatic heterocycles. The van der Waals surface area contributed by atoms with Gasteiger partial charge in [0.2, 0.25) is 0 Å². The Bertz CT molecular complexity index is 1150. The second-order valence-electron chi connectivity index (χ2n) is 5.99. The van der Waals surface area contributed by atoms with Gasteiger partial charge in [0.05, 0.1) is 16.1 Å². The van der Waals surface area contributed by atoms with Gasteiger partial charge in [-0.05, 0) is 48.5 Å². The number of ether oxygens (including phenoxy) is 1. The fourth-order valence-corrected chi connectivity index (χ4v) is 3.82. The molecular formula is C20H17ClN2O5S. The van der Waals surface area contributed by atoms with Crippen LogP contribution in [0.5, 0.6) is 11.5 Å². The Hall–Kier alpha value is -3.07. The van der Waals surface area contributed by atoms with Crippen molar-refractivity contribution in [2.24, 2.45) is 5.73 Å². The van der Waals surface area contributed by atoms with Crippen LogP contribution in [0.3, 0.4) is 0 Å². The minimum atomic E-state index is -4.02. The maximum Gasteiger partial charge on any atom is 0.337 e. The molecule has 7 nitrogen and oxygen atoms in total. The first-order valence-electron chi connectivity index (χ1n) is 8.42. The molecule has 29 heavy (non-hydrogen) atoms. The van der Waals surface area contributed by atoms with Crippen molar-refractivity contribution in [3.05, 3.63) is 82.9 Å². The topological polar surface area (TPSA) is 119 Å². The Labute approximate surface area is 172 Å². The molecule has 0 bridgehead atoms. The van der Waals surface area contributed by atoms with E-state index in [0.29, 0.717) is 18.0 Å². The van der Waals surface area contributed by atoms with Crippen molar-refractivity contribution < 1.29 is 23.1 Å². The number of nitrogens with two attached hydrogens (primary N) is 1. The van der Waals surface area contributed by atoms with E-state index < -0.39 is 16.0 Å². The van der Waals surface area contributed by atoms with Gasteiger partial charge in [0, 0.05) is 17.1 Å². The molecule has 0 unspecified atom stereocenters. The van der Waals surface area contributed by atoms with Crippen LogP contribution in [0.4, 0.5) is 5.69 Å². The molecule has 3 aromatic rings. The quantitative estimate of drug-likeness (QED) is 0.517. The van der Waals surface area contributed by atoms with Gasteiger partial charge in [0.15, 0.2) is 0 Å². The lowest BCUT2D eigenvalue weighted by Gasteiger charge is -2.12. The van der Waals surface area contributed by atoms with Crippen LogP contribution in [0.1, 0.15) is 15.9 Å². The third-order valence-corrected chi connectivity index (χ3v) is 5.63. The van der Waals surface area contributed by atoms with E-state index in [2.05, 4.69) is 4.72 Å². The molecule has 4 N–H and O–H groups in total. The summed E-state index contributed by atoms with van der Waals surface area (Å²) in [6, 6.07) is 16.9. The van der Waals surface area contributed by atoms with E-state index in [1.54, 1.807) is 6.07 Å². The van der Waals surface area contributed by atoms with Crippen LogP contribution in [0.25, 0.3) is 0 Å². The fraction of sp³-hybridized carbons (Fsp3) is 0.0500. The maximum absolute atomic E-state index is 12.6. The maximum atomic E-state index is 12.6. The number of rotatable bonds is 7. The average Bonchev–Trinajstić information content (AvgIpc) is 2.70. The smallest absolute Gasteiger partial charge is 0.337 e. The highest BCUT2D eigenvalue weighted by molar-refractivity contribution is 7.92. The van der Waals surface area contributed by atoms with Crippen molar-refractivity contribution in [3.8, 4) is 11.5 Å². The minimum absolute atomic E-state index is 0.0525. The molecule has 150 valence electrons. The number of benzene rings is 3. The Kier molecular flexibility index (Phi) is 6.07. The zero-order valence-electron chi connectivity index (χ0n) is 15.0. The predicted molar refractivity (Wildman–Crippen MR) is 110 cm³/mol. The minimum Gasteiger partial charge on any atom is -0.478 e. The molecule has 0 aromatic heterocycles. The number of sulfonamides is 1. The van der Waals surface area contributed by atoms with E-state index in [0.717, 1.165) is 5.56 Å². The third-order valence-electron chi connectivity index (χ3n) is 4.01. The lowest BCUT2D eigenvalue weighted by atomic mass is 10.2. The highest BCUT2D eigenvalue weighted by Gasteiger charge is 2.19. The Morgan fingerprint density at radius 2 is 1.76 bits per heavy atom. The lowest BCUT2D eigenvalue weighted by Crippen LogP contribution is -2.15. The number of carboxylic acid groups (broad SMARTS) is 1. The molecule has 3 aromatic carbocycles. The zero-order valence-corrected chi connectivity index (χ0v) is 16.6. The molecule has 0 aliphatic carbocycles. The molecule has 0 aliphatic rings. The van der Waals surface area contributed by atoms with E-state index >= 15 is 0 Å². The molecule has 0 spiro atoms. The van der Waals surface area contributed by atoms with E-state index in [4.69, 9.17) is 22.1 Å². The Morgan fingerprint density at radius 1 is 1.07 bits per heavy atom. The summed E-state index contributed by atoms with van der Waals surface area (Å²) in [5.41, 5.74) is 6.16. The summed E-state index contributed by atoms with van der Waals surface area (Å²) in [5.74, 6) is -0.286. The summed E-state index contributed by atoms with van der Waals surface area (Å²) in [4.78, 5) is 11.3. The number of aromatic carboxylic acids is 1. The number of hydrogen-bond donors (Lipinski definition) is 3. The van der Waals surface area contributed by atoms with Crippen molar-refractivity contribution in [2.75, 3.05) is 4.72 Å². The van der Waals surface area contributed by atoms with Crippen LogP contribution in [0.15, 0.2) is 71.6 Å². The van der Waals surface area contributed by atoms with Crippen LogP contribution in [0, 0.1) is 0 Å². The molecule has 0 fully saturated rings. The van der Waals surface area contributed by atoms with Gasteiger partial charge < -0.3 is 15.6 Å². The number of hydrogen-bond acceptors (Lipinski definition) is 5. The van der Waals surface area contributed by atoms with E-state index in [-0.39, 0.29) is 21.2 Å². The Morgan fingerprint density at radius 3 is 2.41 bits per heavy atom. The molecule has 9 heteroatoms. The first kappa shape index (κ1) is 20.7. The van der Waals surface area contributed by atoms with Gasteiger partial charge in [-0.15, -0.1) is 0 Å². The van der Waals surface area contributed by atoms with Crippen LogP contribution in [-0.2, 0) is 16.6 Å². The summed E-state index contributed by atoms with van der Waals surface area (Å²) in [6.45, 7) is 0.305. The molecule has 0 amide bonds. The van der Waals surface area contributed by atoms with Gasteiger partial charge in [-0.3, -0.25) is 4.72 Å². The highest BCUT2D eigenvalue weighted by atomic mass is 35.5. The summed E-state index contributed by atoms with van der Waals surface area (Å²) in [6.07, 6.45) is 0. The molecule has 0 heterocycles. The van der Waals surface area contributed by atoms with Crippen molar-refractivity contribution >= 4 is 33.3 Å². The number of halogens is 1. The summed E-state index contributed by atoms with van der Waals surface area (Å²) in [5, 5.41) is 9.44. The number of carbonyl (C=O) groups is 1. The van der Waals surface area contributed by atoms with Crippen LogP contribution in [0.2, 0.25) is 5.02 Å². The number of para-hydroxylation sites is 1. The van der Waals surface area contributed by atoms with Crippen LogP contribution >= 0.6 is 11.6 Å². The second kappa shape index (κ2) is 8.52. The fourth-order valence-electron chi connectivity index (χ4n) is 2.57. The number of anilines is 1. The summed E-state index contributed by atoms with van der Waals surface area (Å²) >= 11 is 5.79. The number of carboxylic acids is 1. The van der Waals surface area contributed by atoms with Crippen LogP contribution < -0.4 is 15.2 Å². The predicted octanol–water partition coefficient (Wildman–Crippen LogP) is 4.09.